The minimum absolute atomic E-state index is 0.0682. The van der Waals surface area contributed by atoms with E-state index in [2.05, 4.69) is 4.90 Å². The summed E-state index contributed by atoms with van der Waals surface area (Å²) in [7, 11) is 0. The van der Waals surface area contributed by atoms with E-state index in [9.17, 15) is 9.59 Å². The number of benzene rings is 1. The number of hydrazone groups is 1. The van der Waals surface area contributed by atoms with Gasteiger partial charge in [0.15, 0.2) is 0 Å². The van der Waals surface area contributed by atoms with Crippen LogP contribution >= 0.6 is 22.9 Å². The average molecular weight is 497 g/mol. The molecule has 1 saturated heterocycles. The van der Waals surface area contributed by atoms with Gasteiger partial charge in [0.1, 0.15) is 11.8 Å². The lowest BCUT2D eigenvalue weighted by molar-refractivity contribution is -0.134. The van der Waals surface area contributed by atoms with Gasteiger partial charge in [-0.05, 0) is 42.1 Å². The predicted molar refractivity (Wildman–Crippen MR) is 132 cm³/mol. The van der Waals surface area contributed by atoms with Crippen molar-refractivity contribution in [2.24, 2.45) is 5.10 Å². The van der Waals surface area contributed by atoms with Crippen LogP contribution in [-0.2, 0) is 4.79 Å². The first-order valence-electron chi connectivity index (χ1n) is 11.3. The standard InChI is InChI=1S/C25H25ClN4O3S/c26-19-7-2-1-6-18(19)25(32)29-11-5-10-28(12-13-29)17-24(31)30-21(22-8-3-14-33-22)16-20(27-30)23-9-4-15-34-23/h1-4,6-9,14-15,21H,5,10-13,16-17H2. The van der Waals surface area contributed by atoms with E-state index in [0.717, 1.165) is 29.3 Å². The third-order valence-electron chi connectivity index (χ3n) is 6.18. The van der Waals surface area contributed by atoms with E-state index in [4.69, 9.17) is 21.1 Å². The Hall–Kier alpha value is -2.94. The Labute approximate surface area is 207 Å². The number of nitrogens with zero attached hydrogens (tertiary/aromatic N) is 4. The minimum atomic E-state index is -0.245. The average Bonchev–Trinajstić information content (AvgIpc) is 3.59. The lowest BCUT2D eigenvalue weighted by Gasteiger charge is -2.25. The maximum atomic E-state index is 13.4. The first-order chi connectivity index (χ1) is 16.6. The second kappa shape index (κ2) is 10.1. The molecule has 5 rings (SSSR count). The van der Waals surface area contributed by atoms with Gasteiger partial charge in [0, 0.05) is 32.6 Å². The molecule has 3 aromatic rings. The Kier molecular flexibility index (Phi) is 6.80. The number of hydrogen-bond donors (Lipinski definition) is 0. The molecule has 9 heteroatoms. The van der Waals surface area contributed by atoms with Crippen LogP contribution in [0.2, 0.25) is 5.02 Å². The van der Waals surface area contributed by atoms with E-state index in [1.54, 1.807) is 34.7 Å². The smallest absolute Gasteiger partial charge is 0.257 e. The largest absolute Gasteiger partial charge is 0.467 e. The quantitative estimate of drug-likeness (QED) is 0.520. The Balaban J connectivity index is 1.26. The summed E-state index contributed by atoms with van der Waals surface area (Å²) in [5.41, 5.74) is 1.42. The van der Waals surface area contributed by atoms with Crippen molar-refractivity contribution in [3.8, 4) is 0 Å². The van der Waals surface area contributed by atoms with Crippen LogP contribution in [0.4, 0.5) is 0 Å². The maximum absolute atomic E-state index is 13.4. The number of amides is 2. The summed E-state index contributed by atoms with van der Waals surface area (Å²) < 4.78 is 5.63. The Morgan fingerprint density at radius 1 is 1.06 bits per heavy atom. The highest BCUT2D eigenvalue weighted by molar-refractivity contribution is 7.12. The first kappa shape index (κ1) is 22.8. The molecule has 2 aliphatic rings. The summed E-state index contributed by atoms with van der Waals surface area (Å²) in [5.74, 6) is 0.594. The molecule has 1 unspecified atom stereocenters. The van der Waals surface area contributed by atoms with E-state index in [1.807, 2.05) is 46.7 Å². The second-order valence-corrected chi connectivity index (χ2v) is 9.75. The summed E-state index contributed by atoms with van der Waals surface area (Å²) in [6, 6.07) is 14.6. The molecule has 0 bridgehead atoms. The number of furan rings is 1. The van der Waals surface area contributed by atoms with Gasteiger partial charge in [-0.25, -0.2) is 5.01 Å². The molecule has 4 heterocycles. The van der Waals surface area contributed by atoms with Gasteiger partial charge in [-0.2, -0.15) is 5.10 Å². The molecule has 2 amide bonds. The van der Waals surface area contributed by atoms with E-state index < -0.39 is 0 Å². The van der Waals surface area contributed by atoms with E-state index in [0.29, 0.717) is 36.6 Å². The number of thiophene rings is 1. The molecule has 7 nitrogen and oxygen atoms in total. The lowest BCUT2D eigenvalue weighted by Crippen LogP contribution is -2.40. The van der Waals surface area contributed by atoms with Gasteiger partial charge in [-0.1, -0.05) is 29.8 Å². The fraction of sp³-hybridized carbons (Fsp3) is 0.320. The highest BCUT2D eigenvalue weighted by Crippen LogP contribution is 2.34. The van der Waals surface area contributed by atoms with Crippen molar-refractivity contribution in [2.45, 2.75) is 18.9 Å². The van der Waals surface area contributed by atoms with Gasteiger partial charge in [0.05, 0.1) is 34.0 Å². The third-order valence-corrected chi connectivity index (χ3v) is 7.43. The maximum Gasteiger partial charge on any atom is 0.257 e. The van der Waals surface area contributed by atoms with Crippen molar-refractivity contribution in [3.63, 3.8) is 0 Å². The van der Waals surface area contributed by atoms with Crippen LogP contribution in [0.25, 0.3) is 0 Å². The predicted octanol–water partition coefficient (Wildman–Crippen LogP) is 4.52. The van der Waals surface area contributed by atoms with Gasteiger partial charge in [-0.15, -0.1) is 11.3 Å². The normalized spacial score (nSPS) is 19.2. The molecule has 0 saturated carbocycles. The molecule has 2 aromatic heterocycles. The number of carbonyl (C=O) groups is 2. The Morgan fingerprint density at radius 2 is 1.94 bits per heavy atom. The zero-order valence-electron chi connectivity index (χ0n) is 18.6. The van der Waals surface area contributed by atoms with Gasteiger partial charge >= 0.3 is 0 Å². The molecule has 1 atom stereocenters. The van der Waals surface area contributed by atoms with Crippen LogP contribution in [-0.4, -0.2) is 65.1 Å². The Bertz CT molecular complexity index is 1180. The molecular formula is C25H25ClN4O3S. The first-order valence-corrected chi connectivity index (χ1v) is 12.6. The summed E-state index contributed by atoms with van der Waals surface area (Å²) >= 11 is 7.84. The minimum Gasteiger partial charge on any atom is -0.467 e. The molecule has 0 spiro atoms. The van der Waals surface area contributed by atoms with Gasteiger partial charge in [0.25, 0.3) is 11.8 Å². The van der Waals surface area contributed by atoms with Crippen molar-refractivity contribution in [1.29, 1.82) is 0 Å². The molecule has 2 aliphatic heterocycles. The van der Waals surface area contributed by atoms with Crippen molar-refractivity contribution in [3.05, 3.63) is 81.4 Å². The molecular weight excluding hydrogens is 472 g/mol. The Morgan fingerprint density at radius 3 is 2.71 bits per heavy atom. The van der Waals surface area contributed by atoms with Crippen LogP contribution in [0, 0.1) is 0 Å². The van der Waals surface area contributed by atoms with Gasteiger partial charge in [-0.3, -0.25) is 14.5 Å². The van der Waals surface area contributed by atoms with Crippen LogP contribution in [0.15, 0.2) is 69.7 Å². The molecule has 0 radical (unpaired) electrons. The summed E-state index contributed by atoms with van der Waals surface area (Å²) in [6.07, 6.45) is 3.04. The van der Waals surface area contributed by atoms with E-state index in [1.165, 1.54) is 0 Å². The topological polar surface area (TPSA) is 69.4 Å². The SMILES string of the molecule is O=C(c1ccccc1Cl)N1CCCN(CC(=O)N2N=C(c3cccs3)CC2c2ccco2)CC1. The zero-order valence-corrected chi connectivity index (χ0v) is 20.2. The highest BCUT2D eigenvalue weighted by atomic mass is 35.5. The monoisotopic (exact) mass is 496 g/mol. The van der Waals surface area contributed by atoms with Crippen molar-refractivity contribution < 1.29 is 14.0 Å². The van der Waals surface area contributed by atoms with Gasteiger partial charge < -0.3 is 9.32 Å². The van der Waals surface area contributed by atoms with Crippen molar-refractivity contribution >= 4 is 40.5 Å². The fourth-order valence-corrected chi connectivity index (χ4v) is 5.37. The molecule has 1 aromatic carbocycles. The van der Waals surface area contributed by atoms with Crippen LogP contribution in [0.5, 0.6) is 0 Å². The number of halogens is 1. The summed E-state index contributed by atoms with van der Waals surface area (Å²) in [6.45, 7) is 2.77. The van der Waals surface area contributed by atoms with Crippen LogP contribution in [0.1, 0.15) is 39.9 Å². The zero-order chi connectivity index (χ0) is 23.5. The second-order valence-electron chi connectivity index (χ2n) is 8.40. The highest BCUT2D eigenvalue weighted by Gasteiger charge is 2.36. The molecule has 0 aliphatic carbocycles. The molecule has 176 valence electrons. The lowest BCUT2D eigenvalue weighted by atomic mass is 10.1. The summed E-state index contributed by atoms with van der Waals surface area (Å²) in [4.78, 5) is 31.3. The van der Waals surface area contributed by atoms with E-state index in [-0.39, 0.29) is 24.4 Å². The molecule has 0 N–H and O–H groups in total. The summed E-state index contributed by atoms with van der Waals surface area (Å²) in [5, 5.41) is 8.74. The number of carbonyl (C=O) groups excluding carboxylic acids is 2. The van der Waals surface area contributed by atoms with Crippen molar-refractivity contribution in [1.82, 2.24) is 14.8 Å². The fourth-order valence-electron chi connectivity index (χ4n) is 4.44. The van der Waals surface area contributed by atoms with E-state index >= 15 is 0 Å². The van der Waals surface area contributed by atoms with Crippen LogP contribution in [0.3, 0.4) is 0 Å². The molecule has 34 heavy (non-hydrogen) atoms. The third kappa shape index (κ3) is 4.80. The number of rotatable bonds is 5. The van der Waals surface area contributed by atoms with Crippen LogP contribution < -0.4 is 0 Å². The van der Waals surface area contributed by atoms with Crippen molar-refractivity contribution in [2.75, 3.05) is 32.7 Å². The number of hydrogen-bond acceptors (Lipinski definition) is 6. The van der Waals surface area contributed by atoms with Gasteiger partial charge in [0.2, 0.25) is 0 Å². The molecule has 1 fully saturated rings.